The predicted octanol–water partition coefficient (Wildman–Crippen LogP) is 3.71. The van der Waals surface area contributed by atoms with E-state index in [0.717, 1.165) is 23.9 Å². The van der Waals surface area contributed by atoms with Gasteiger partial charge in [0.2, 0.25) is 5.91 Å². The fourth-order valence-electron chi connectivity index (χ4n) is 1.29. The quantitative estimate of drug-likeness (QED) is 0.812. The molecule has 15 heavy (non-hydrogen) atoms. The van der Waals surface area contributed by atoms with Crippen LogP contribution in [0.25, 0.3) is 0 Å². The molecule has 3 heteroatoms. The molecule has 82 valence electrons. The van der Waals surface area contributed by atoms with E-state index in [4.69, 9.17) is 0 Å². The van der Waals surface area contributed by atoms with Crippen LogP contribution in [0.4, 0.5) is 5.69 Å². The zero-order valence-electron chi connectivity index (χ0n) is 8.92. The zero-order valence-corrected chi connectivity index (χ0v) is 10.5. The molecule has 1 rings (SSSR count). The number of carbonyl (C=O) groups is 1. The van der Waals surface area contributed by atoms with E-state index in [1.807, 2.05) is 24.3 Å². The molecule has 0 atom stereocenters. The van der Waals surface area contributed by atoms with Crippen molar-refractivity contribution in [1.82, 2.24) is 0 Å². The SMILES string of the molecule is CCCCC(=O)Nc1cccc(CBr)c1. The van der Waals surface area contributed by atoms with Crippen molar-refractivity contribution in [2.45, 2.75) is 31.5 Å². The summed E-state index contributed by atoms with van der Waals surface area (Å²) in [4.78, 5) is 11.4. The van der Waals surface area contributed by atoms with E-state index in [-0.39, 0.29) is 5.91 Å². The number of anilines is 1. The highest BCUT2D eigenvalue weighted by Gasteiger charge is 2.01. The third kappa shape index (κ3) is 4.47. The number of benzene rings is 1. The van der Waals surface area contributed by atoms with Gasteiger partial charge in [-0.2, -0.15) is 0 Å². The molecule has 2 nitrogen and oxygen atoms in total. The third-order valence-electron chi connectivity index (χ3n) is 2.12. The molecule has 0 spiro atoms. The minimum Gasteiger partial charge on any atom is -0.326 e. The fourth-order valence-corrected chi connectivity index (χ4v) is 1.64. The Morgan fingerprint density at radius 2 is 2.27 bits per heavy atom. The predicted molar refractivity (Wildman–Crippen MR) is 67.2 cm³/mol. The maximum Gasteiger partial charge on any atom is 0.224 e. The van der Waals surface area contributed by atoms with Crippen LogP contribution in [0.5, 0.6) is 0 Å². The van der Waals surface area contributed by atoms with Crippen molar-refractivity contribution >= 4 is 27.5 Å². The molecule has 0 saturated heterocycles. The Morgan fingerprint density at radius 1 is 1.47 bits per heavy atom. The summed E-state index contributed by atoms with van der Waals surface area (Å²) in [5.74, 6) is 0.101. The monoisotopic (exact) mass is 269 g/mol. The molecule has 1 aromatic carbocycles. The van der Waals surface area contributed by atoms with Crippen LogP contribution in [0, 0.1) is 0 Å². The highest BCUT2D eigenvalue weighted by atomic mass is 79.9. The Bertz CT molecular complexity index is 325. The highest BCUT2D eigenvalue weighted by Crippen LogP contribution is 2.13. The van der Waals surface area contributed by atoms with Crippen molar-refractivity contribution in [2.75, 3.05) is 5.32 Å². The summed E-state index contributed by atoms with van der Waals surface area (Å²) in [6, 6.07) is 7.87. The van der Waals surface area contributed by atoms with Crippen LogP contribution in [0.3, 0.4) is 0 Å². The minimum atomic E-state index is 0.101. The van der Waals surface area contributed by atoms with Gasteiger partial charge >= 0.3 is 0 Å². The van der Waals surface area contributed by atoms with Gasteiger partial charge in [0.15, 0.2) is 0 Å². The van der Waals surface area contributed by atoms with Gasteiger partial charge in [0.1, 0.15) is 0 Å². The first-order chi connectivity index (χ1) is 7.26. The number of carbonyl (C=O) groups excluding carboxylic acids is 1. The van der Waals surface area contributed by atoms with Crippen LogP contribution in [-0.4, -0.2) is 5.91 Å². The van der Waals surface area contributed by atoms with Gasteiger partial charge in [0.25, 0.3) is 0 Å². The molecule has 1 amide bonds. The average molecular weight is 270 g/mol. The molecule has 0 unspecified atom stereocenters. The van der Waals surface area contributed by atoms with Crippen LogP contribution >= 0.6 is 15.9 Å². The van der Waals surface area contributed by atoms with E-state index in [0.29, 0.717) is 6.42 Å². The first kappa shape index (κ1) is 12.2. The van der Waals surface area contributed by atoms with Crippen LogP contribution in [0.1, 0.15) is 31.7 Å². The topological polar surface area (TPSA) is 29.1 Å². The molecule has 0 aromatic heterocycles. The molecule has 0 fully saturated rings. The number of halogens is 1. The van der Waals surface area contributed by atoms with E-state index in [2.05, 4.69) is 28.2 Å². The fraction of sp³-hybridized carbons (Fsp3) is 0.417. The number of nitrogens with one attached hydrogen (secondary N) is 1. The second kappa shape index (κ2) is 6.62. The van der Waals surface area contributed by atoms with Crippen LogP contribution < -0.4 is 5.32 Å². The van der Waals surface area contributed by atoms with Crippen molar-refractivity contribution in [3.05, 3.63) is 29.8 Å². The lowest BCUT2D eigenvalue weighted by molar-refractivity contribution is -0.116. The van der Waals surface area contributed by atoms with Gasteiger partial charge in [0.05, 0.1) is 0 Å². The van der Waals surface area contributed by atoms with E-state index in [1.165, 1.54) is 5.56 Å². The molecule has 0 heterocycles. The Hall–Kier alpha value is -0.830. The second-order valence-corrected chi connectivity index (χ2v) is 4.05. The lowest BCUT2D eigenvalue weighted by atomic mass is 10.2. The smallest absolute Gasteiger partial charge is 0.224 e. The van der Waals surface area contributed by atoms with E-state index in [9.17, 15) is 4.79 Å². The Labute approximate surface area is 99.2 Å². The maximum absolute atomic E-state index is 11.4. The number of hydrogen-bond donors (Lipinski definition) is 1. The molecule has 0 aliphatic heterocycles. The molecule has 1 N–H and O–H groups in total. The highest BCUT2D eigenvalue weighted by molar-refractivity contribution is 9.08. The number of alkyl halides is 1. The van der Waals surface area contributed by atoms with Gasteiger partial charge in [-0.1, -0.05) is 41.4 Å². The van der Waals surface area contributed by atoms with Crippen LogP contribution in [-0.2, 0) is 10.1 Å². The van der Waals surface area contributed by atoms with Crippen molar-refractivity contribution < 1.29 is 4.79 Å². The summed E-state index contributed by atoms with van der Waals surface area (Å²) in [7, 11) is 0. The number of hydrogen-bond acceptors (Lipinski definition) is 1. The normalized spacial score (nSPS) is 10.0. The lowest BCUT2D eigenvalue weighted by Crippen LogP contribution is -2.10. The minimum absolute atomic E-state index is 0.101. The van der Waals surface area contributed by atoms with E-state index >= 15 is 0 Å². The number of unbranched alkanes of at least 4 members (excludes halogenated alkanes) is 1. The largest absolute Gasteiger partial charge is 0.326 e. The lowest BCUT2D eigenvalue weighted by Gasteiger charge is -2.05. The summed E-state index contributed by atoms with van der Waals surface area (Å²) >= 11 is 3.39. The molecule has 1 aromatic rings. The summed E-state index contributed by atoms with van der Waals surface area (Å²) in [5, 5.41) is 3.70. The van der Waals surface area contributed by atoms with Gasteiger partial charge in [-0.25, -0.2) is 0 Å². The Kier molecular flexibility index (Phi) is 5.40. The van der Waals surface area contributed by atoms with Crippen molar-refractivity contribution in [2.24, 2.45) is 0 Å². The van der Waals surface area contributed by atoms with Crippen LogP contribution in [0.2, 0.25) is 0 Å². The Morgan fingerprint density at radius 3 is 2.93 bits per heavy atom. The molecule has 0 aliphatic carbocycles. The zero-order chi connectivity index (χ0) is 11.1. The van der Waals surface area contributed by atoms with E-state index in [1.54, 1.807) is 0 Å². The molecular weight excluding hydrogens is 254 g/mol. The number of rotatable bonds is 5. The first-order valence-corrected chi connectivity index (χ1v) is 6.33. The summed E-state index contributed by atoms with van der Waals surface area (Å²) < 4.78 is 0. The first-order valence-electron chi connectivity index (χ1n) is 5.21. The van der Waals surface area contributed by atoms with Crippen LogP contribution in [0.15, 0.2) is 24.3 Å². The average Bonchev–Trinajstić information content (AvgIpc) is 2.26. The van der Waals surface area contributed by atoms with Gasteiger partial charge < -0.3 is 5.32 Å². The van der Waals surface area contributed by atoms with Crippen molar-refractivity contribution in [3.8, 4) is 0 Å². The third-order valence-corrected chi connectivity index (χ3v) is 2.77. The van der Waals surface area contributed by atoms with Gasteiger partial charge in [-0.15, -0.1) is 0 Å². The van der Waals surface area contributed by atoms with Gasteiger partial charge in [0, 0.05) is 17.4 Å². The Balaban J connectivity index is 2.52. The molecular formula is C12H16BrNO. The maximum atomic E-state index is 11.4. The molecule has 0 saturated carbocycles. The number of amides is 1. The molecule has 0 radical (unpaired) electrons. The molecule has 0 aliphatic rings. The summed E-state index contributed by atoms with van der Waals surface area (Å²) in [6.07, 6.45) is 2.61. The van der Waals surface area contributed by atoms with E-state index < -0.39 is 0 Å². The second-order valence-electron chi connectivity index (χ2n) is 3.49. The van der Waals surface area contributed by atoms with Gasteiger partial charge in [-0.3, -0.25) is 4.79 Å². The summed E-state index contributed by atoms with van der Waals surface area (Å²) in [6.45, 7) is 2.08. The molecule has 0 bridgehead atoms. The van der Waals surface area contributed by atoms with Crippen molar-refractivity contribution in [3.63, 3.8) is 0 Å². The standard InChI is InChI=1S/C12H16BrNO/c1-2-3-7-12(15)14-11-6-4-5-10(8-11)9-13/h4-6,8H,2-3,7,9H2,1H3,(H,14,15). The summed E-state index contributed by atoms with van der Waals surface area (Å²) in [5.41, 5.74) is 2.05. The van der Waals surface area contributed by atoms with Crippen molar-refractivity contribution in [1.29, 1.82) is 0 Å². The van der Waals surface area contributed by atoms with Gasteiger partial charge in [-0.05, 0) is 24.1 Å².